The number of halogens is 1. The molecule has 0 aliphatic carbocycles. The zero-order valence-corrected chi connectivity index (χ0v) is 15.6. The largest absolute Gasteiger partial charge is 0.496 e. The molecule has 0 bridgehead atoms. The number of nitrogens with zero attached hydrogens (tertiary/aromatic N) is 2. The number of hydrogen-bond acceptors (Lipinski definition) is 3. The first-order valence-corrected chi connectivity index (χ1v) is 8.56. The van der Waals surface area contributed by atoms with Crippen LogP contribution in [0.2, 0.25) is 0 Å². The Labute approximate surface area is 154 Å². The summed E-state index contributed by atoms with van der Waals surface area (Å²) in [5.74, 6) is 0.646. The first kappa shape index (κ1) is 17.2. The molecule has 3 aromatic rings. The summed E-state index contributed by atoms with van der Waals surface area (Å²) in [5, 5.41) is 6.98. The molecule has 6 heteroatoms. The van der Waals surface area contributed by atoms with Gasteiger partial charge >= 0.3 is 0 Å². The van der Waals surface area contributed by atoms with Gasteiger partial charge < -0.3 is 9.64 Å². The Kier molecular flexibility index (Phi) is 5.19. The maximum absolute atomic E-state index is 12.9. The number of rotatable bonds is 5. The summed E-state index contributed by atoms with van der Waals surface area (Å²) in [7, 11) is 3.39. The minimum atomic E-state index is -0.102. The lowest BCUT2D eigenvalue weighted by Crippen LogP contribution is -2.26. The van der Waals surface area contributed by atoms with Gasteiger partial charge in [0.05, 0.1) is 24.6 Å². The summed E-state index contributed by atoms with van der Waals surface area (Å²) in [6.45, 7) is 0.431. The number of nitrogens with one attached hydrogen (secondary N) is 1. The zero-order valence-electron chi connectivity index (χ0n) is 14.0. The van der Waals surface area contributed by atoms with Gasteiger partial charge in [-0.2, -0.15) is 5.10 Å². The second-order valence-electron chi connectivity index (χ2n) is 5.64. The molecule has 0 spiro atoms. The molecule has 1 heterocycles. The monoisotopic (exact) mass is 399 g/mol. The molecule has 0 atom stereocenters. The number of amides is 1. The van der Waals surface area contributed by atoms with Crippen LogP contribution in [0.3, 0.4) is 0 Å². The van der Waals surface area contributed by atoms with Gasteiger partial charge in [-0.1, -0.05) is 46.3 Å². The predicted molar refractivity (Wildman–Crippen MR) is 101 cm³/mol. The van der Waals surface area contributed by atoms with Crippen molar-refractivity contribution in [2.24, 2.45) is 0 Å². The van der Waals surface area contributed by atoms with Gasteiger partial charge in [0, 0.05) is 29.2 Å². The van der Waals surface area contributed by atoms with Crippen molar-refractivity contribution in [2.75, 3.05) is 14.2 Å². The van der Waals surface area contributed by atoms with Crippen LogP contribution in [-0.4, -0.2) is 35.2 Å². The first-order valence-electron chi connectivity index (χ1n) is 7.77. The van der Waals surface area contributed by atoms with Crippen molar-refractivity contribution >= 4 is 21.8 Å². The second-order valence-corrected chi connectivity index (χ2v) is 6.56. The fraction of sp³-hybridized carbons (Fsp3) is 0.158. The SMILES string of the molecule is COc1ccc(Br)cc1CN(C)C(=O)c1cn[nH]c1-c1ccccc1. The topological polar surface area (TPSA) is 58.2 Å². The van der Waals surface area contributed by atoms with Gasteiger partial charge in [-0.15, -0.1) is 0 Å². The van der Waals surface area contributed by atoms with Crippen LogP contribution in [0.4, 0.5) is 0 Å². The smallest absolute Gasteiger partial charge is 0.257 e. The minimum absolute atomic E-state index is 0.102. The van der Waals surface area contributed by atoms with Crippen LogP contribution in [0.1, 0.15) is 15.9 Å². The van der Waals surface area contributed by atoms with Crippen molar-refractivity contribution in [3.05, 3.63) is 70.3 Å². The number of aromatic nitrogens is 2. The van der Waals surface area contributed by atoms with Gasteiger partial charge in [-0.3, -0.25) is 9.89 Å². The third-order valence-corrected chi connectivity index (χ3v) is 4.42. The van der Waals surface area contributed by atoms with Crippen LogP contribution in [0.15, 0.2) is 59.2 Å². The molecule has 0 aliphatic heterocycles. The third kappa shape index (κ3) is 3.74. The van der Waals surface area contributed by atoms with E-state index < -0.39 is 0 Å². The summed E-state index contributed by atoms with van der Waals surface area (Å²) >= 11 is 3.46. The Morgan fingerprint density at radius 2 is 2.00 bits per heavy atom. The van der Waals surface area contributed by atoms with E-state index in [1.165, 1.54) is 0 Å². The van der Waals surface area contributed by atoms with E-state index >= 15 is 0 Å². The second kappa shape index (κ2) is 7.53. The standard InChI is InChI=1S/C19H18BrN3O2/c1-23(12-14-10-15(20)8-9-17(14)25-2)19(24)16-11-21-22-18(16)13-6-4-3-5-7-13/h3-11H,12H2,1-2H3,(H,21,22). The van der Waals surface area contributed by atoms with Crippen molar-refractivity contribution in [3.8, 4) is 17.0 Å². The fourth-order valence-corrected chi connectivity index (χ4v) is 3.09. The molecule has 0 saturated carbocycles. The first-order chi connectivity index (χ1) is 12.1. The maximum Gasteiger partial charge on any atom is 0.257 e. The molecule has 2 aromatic carbocycles. The van der Waals surface area contributed by atoms with Gasteiger partial charge in [0.25, 0.3) is 5.91 Å². The molecule has 0 radical (unpaired) electrons. The van der Waals surface area contributed by atoms with Crippen molar-refractivity contribution in [1.82, 2.24) is 15.1 Å². The number of hydrogen-bond donors (Lipinski definition) is 1. The molecular formula is C19H18BrN3O2. The van der Waals surface area contributed by atoms with Gasteiger partial charge in [-0.25, -0.2) is 0 Å². The number of carbonyl (C=O) groups excluding carboxylic acids is 1. The molecule has 1 N–H and O–H groups in total. The number of ether oxygens (including phenoxy) is 1. The molecule has 128 valence electrons. The van der Waals surface area contributed by atoms with Crippen LogP contribution in [-0.2, 0) is 6.54 Å². The van der Waals surface area contributed by atoms with Crippen molar-refractivity contribution in [3.63, 3.8) is 0 Å². The lowest BCUT2D eigenvalue weighted by molar-refractivity contribution is 0.0785. The van der Waals surface area contributed by atoms with Gasteiger partial charge in [-0.05, 0) is 18.2 Å². The van der Waals surface area contributed by atoms with Crippen LogP contribution < -0.4 is 4.74 Å². The summed E-state index contributed by atoms with van der Waals surface area (Å²) in [6, 6.07) is 15.4. The van der Waals surface area contributed by atoms with Crippen LogP contribution in [0, 0.1) is 0 Å². The number of benzene rings is 2. The number of methoxy groups -OCH3 is 1. The lowest BCUT2D eigenvalue weighted by atomic mass is 10.1. The predicted octanol–water partition coefficient (Wildman–Crippen LogP) is 4.12. The highest BCUT2D eigenvalue weighted by Crippen LogP contribution is 2.26. The Morgan fingerprint density at radius 3 is 2.72 bits per heavy atom. The molecule has 1 aromatic heterocycles. The Balaban J connectivity index is 1.85. The van der Waals surface area contributed by atoms with E-state index in [1.54, 1.807) is 25.3 Å². The number of carbonyl (C=O) groups is 1. The average molecular weight is 400 g/mol. The van der Waals surface area contributed by atoms with Crippen LogP contribution in [0.25, 0.3) is 11.3 Å². The maximum atomic E-state index is 12.9. The Hall–Kier alpha value is -2.60. The summed E-state index contributed by atoms with van der Waals surface area (Å²) in [5.41, 5.74) is 3.12. The van der Waals surface area contributed by atoms with Crippen molar-refractivity contribution < 1.29 is 9.53 Å². The lowest BCUT2D eigenvalue weighted by Gasteiger charge is -2.19. The van der Waals surface area contributed by atoms with E-state index in [2.05, 4.69) is 26.1 Å². The van der Waals surface area contributed by atoms with Gasteiger partial charge in [0.15, 0.2) is 0 Å². The summed E-state index contributed by atoms with van der Waals surface area (Å²) in [4.78, 5) is 14.6. The molecule has 0 unspecified atom stereocenters. The van der Waals surface area contributed by atoms with Gasteiger partial charge in [0.1, 0.15) is 5.75 Å². The number of H-pyrrole nitrogens is 1. The Bertz CT molecular complexity index is 877. The highest BCUT2D eigenvalue weighted by Gasteiger charge is 2.20. The highest BCUT2D eigenvalue weighted by atomic mass is 79.9. The highest BCUT2D eigenvalue weighted by molar-refractivity contribution is 9.10. The molecule has 5 nitrogen and oxygen atoms in total. The molecule has 0 fully saturated rings. The molecule has 1 amide bonds. The molecule has 0 saturated heterocycles. The quantitative estimate of drug-likeness (QED) is 0.701. The van der Waals surface area contributed by atoms with E-state index in [1.807, 2.05) is 48.5 Å². The normalized spacial score (nSPS) is 10.5. The van der Waals surface area contributed by atoms with Crippen LogP contribution in [0.5, 0.6) is 5.75 Å². The summed E-state index contributed by atoms with van der Waals surface area (Å²) < 4.78 is 6.33. The zero-order chi connectivity index (χ0) is 17.8. The number of aromatic amines is 1. The molecule has 0 aliphatic rings. The van der Waals surface area contributed by atoms with E-state index in [0.717, 1.165) is 27.0 Å². The molecular weight excluding hydrogens is 382 g/mol. The molecule has 3 rings (SSSR count). The van der Waals surface area contributed by atoms with E-state index in [4.69, 9.17) is 4.74 Å². The van der Waals surface area contributed by atoms with E-state index in [-0.39, 0.29) is 5.91 Å². The third-order valence-electron chi connectivity index (χ3n) is 3.93. The van der Waals surface area contributed by atoms with Gasteiger partial charge in [0.2, 0.25) is 0 Å². The van der Waals surface area contributed by atoms with E-state index in [9.17, 15) is 4.79 Å². The van der Waals surface area contributed by atoms with Crippen molar-refractivity contribution in [2.45, 2.75) is 6.54 Å². The van der Waals surface area contributed by atoms with Crippen molar-refractivity contribution in [1.29, 1.82) is 0 Å². The minimum Gasteiger partial charge on any atom is -0.496 e. The fourth-order valence-electron chi connectivity index (χ4n) is 2.68. The average Bonchev–Trinajstić information content (AvgIpc) is 3.11. The van der Waals surface area contributed by atoms with E-state index in [0.29, 0.717) is 12.1 Å². The van der Waals surface area contributed by atoms with Crippen LogP contribution >= 0.6 is 15.9 Å². The molecule has 25 heavy (non-hydrogen) atoms. The Morgan fingerprint density at radius 1 is 1.24 bits per heavy atom. The summed E-state index contributed by atoms with van der Waals surface area (Å²) in [6.07, 6.45) is 1.57.